The van der Waals surface area contributed by atoms with Gasteiger partial charge in [0.1, 0.15) is 0 Å². The van der Waals surface area contributed by atoms with Crippen LogP contribution in [0.5, 0.6) is 0 Å². The Morgan fingerprint density at radius 1 is 1.17 bits per heavy atom. The van der Waals surface area contributed by atoms with Gasteiger partial charge < -0.3 is 9.30 Å². The number of aryl methyl sites for hydroxylation is 3. The first-order chi connectivity index (χ1) is 14.4. The van der Waals surface area contributed by atoms with Gasteiger partial charge in [0.25, 0.3) is 5.78 Å². The second kappa shape index (κ2) is 9.75. The van der Waals surface area contributed by atoms with Gasteiger partial charge >= 0.3 is 0 Å². The normalized spacial score (nSPS) is 11.5. The summed E-state index contributed by atoms with van der Waals surface area (Å²) in [4.78, 5) is 22.0. The molecule has 3 heterocycles. The minimum absolute atomic E-state index is 0.0834. The zero-order chi connectivity index (χ0) is 21.8. The lowest BCUT2D eigenvalue weighted by atomic mass is 10.1. The lowest BCUT2D eigenvalue weighted by molar-refractivity contribution is 0.102. The summed E-state index contributed by atoms with van der Waals surface area (Å²) in [6.45, 7) is 11.6. The van der Waals surface area contributed by atoms with Crippen molar-refractivity contribution in [2.24, 2.45) is 0 Å². The summed E-state index contributed by atoms with van der Waals surface area (Å²) in [5, 5.41) is 5.19. The second-order valence-corrected chi connectivity index (χ2v) is 8.55. The Balaban J connectivity index is 1.76. The number of Topliss-reactive ketones (excluding diaryl/α,β-unsaturated/α-hetero) is 1. The summed E-state index contributed by atoms with van der Waals surface area (Å²) in [5.41, 5.74) is 6.14. The van der Waals surface area contributed by atoms with E-state index in [9.17, 15) is 4.79 Å². The molecule has 3 aromatic heterocycles. The van der Waals surface area contributed by atoms with Crippen molar-refractivity contribution in [3.05, 3.63) is 40.0 Å². The smallest absolute Gasteiger partial charge is 0.253 e. The van der Waals surface area contributed by atoms with Crippen LogP contribution in [0.25, 0.3) is 5.78 Å². The summed E-state index contributed by atoms with van der Waals surface area (Å²) >= 11 is 1.36. The van der Waals surface area contributed by atoms with Crippen molar-refractivity contribution >= 4 is 23.3 Å². The van der Waals surface area contributed by atoms with Crippen LogP contribution in [0.2, 0.25) is 0 Å². The average Bonchev–Trinajstić information content (AvgIpc) is 3.25. The minimum Gasteiger partial charge on any atom is -0.383 e. The van der Waals surface area contributed by atoms with Gasteiger partial charge in [-0.05, 0) is 52.2 Å². The van der Waals surface area contributed by atoms with Crippen LogP contribution in [0.15, 0.2) is 11.2 Å². The van der Waals surface area contributed by atoms with E-state index in [0.29, 0.717) is 23.3 Å². The number of carbonyl (C=O) groups is 1. The highest BCUT2D eigenvalue weighted by Gasteiger charge is 2.18. The molecule has 0 unspecified atom stereocenters. The van der Waals surface area contributed by atoms with Gasteiger partial charge in [0.2, 0.25) is 5.16 Å². The molecule has 0 N–H and O–H groups in total. The molecule has 0 saturated heterocycles. The number of unbranched alkanes of at least 4 members (excludes halogenated alkanes) is 1. The van der Waals surface area contributed by atoms with Crippen molar-refractivity contribution in [2.45, 2.75) is 65.6 Å². The van der Waals surface area contributed by atoms with Gasteiger partial charge in [-0.1, -0.05) is 25.1 Å². The first-order valence-electron chi connectivity index (χ1n) is 10.4. The van der Waals surface area contributed by atoms with Crippen molar-refractivity contribution in [1.29, 1.82) is 0 Å². The zero-order valence-corrected chi connectivity index (χ0v) is 19.6. The van der Waals surface area contributed by atoms with E-state index in [4.69, 9.17) is 4.74 Å². The number of hydrogen-bond donors (Lipinski definition) is 0. The van der Waals surface area contributed by atoms with E-state index in [1.165, 1.54) is 17.3 Å². The number of thioether (sulfide) groups is 1. The third kappa shape index (κ3) is 4.59. The average molecular weight is 430 g/mol. The van der Waals surface area contributed by atoms with Crippen LogP contribution >= 0.6 is 11.8 Å². The maximum absolute atomic E-state index is 12.8. The Morgan fingerprint density at radius 2 is 1.93 bits per heavy atom. The molecule has 0 spiro atoms. The lowest BCUT2D eigenvalue weighted by Gasteiger charge is -2.09. The number of hydrogen-bond acceptors (Lipinski definition) is 6. The Kier molecular flexibility index (Phi) is 7.31. The number of carbonyl (C=O) groups excluding carboxylic acids is 1. The van der Waals surface area contributed by atoms with Crippen LogP contribution in [-0.4, -0.2) is 49.4 Å². The first kappa shape index (κ1) is 22.5. The molecule has 3 aromatic rings. The van der Waals surface area contributed by atoms with Gasteiger partial charge in [-0.25, -0.2) is 9.50 Å². The monoisotopic (exact) mass is 429 g/mol. The molecule has 0 aliphatic heterocycles. The zero-order valence-electron chi connectivity index (χ0n) is 18.8. The fraction of sp³-hybridized carbons (Fsp3) is 0.545. The number of methoxy groups -OCH3 is 1. The molecule has 0 amide bonds. The summed E-state index contributed by atoms with van der Waals surface area (Å²) in [6, 6.07) is 1.96. The molecule has 0 fully saturated rings. The number of rotatable bonds is 10. The highest BCUT2D eigenvalue weighted by molar-refractivity contribution is 7.99. The third-order valence-corrected chi connectivity index (χ3v) is 6.37. The van der Waals surface area contributed by atoms with Gasteiger partial charge in [-0.3, -0.25) is 4.79 Å². The van der Waals surface area contributed by atoms with Gasteiger partial charge in [0.05, 0.1) is 12.4 Å². The van der Waals surface area contributed by atoms with Crippen molar-refractivity contribution in [1.82, 2.24) is 24.1 Å². The lowest BCUT2D eigenvalue weighted by Crippen LogP contribution is -2.09. The van der Waals surface area contributed by atoms with Gasteiger partial charge in [-0.15, -0.1) is 5.10 Å². The number of ketones is 1. The first-order valence-corrected chi connectivity index (χ1v) is 11.4. The summed E-state index contributed by atoms with van der Waals surface area (Å²) in [5.74, 6) is 0.977. The van der Waals surface area contributed by atoms with E-state index in [1.807, 2.05) is 26.8 Å². The Morgan fingerprint density at radius 3 is 2.63 bits per heavy atom. The highest BCUT2D eigenvalue weighted by atomic mass is 32.2. The fourth-order valence-corrected chi connectivity index (χ4v) is 4.49. The molecule has 162 valence electrons. The largest absolute Gasteiger partial charge is 0.383 e. The van der Waals surface area contributed by atoms with Gasteiger partial charge in [0.15, 0.2) is 5.78 Å². The van der Waals surface area contributed by atoms with Gasteiger partial charge in [0, 0.05) is 42.0 Å². The van der Waals surface area contributed by atoms with E-state index in [1.54, 1.807) is 11.6 Å². The molecule has 30 heavy (non-hydrogen) atoms. The second-order valence-electron chi connectivity index (χ2n) is 7.61. The summed E-state index contributed by atoms with van der Waals surface area (Å²) in [6.07, 6.45) is 3.27. The Hall–Kier alpha value is -2.19. The predicted molar refractivity (Wildman–Crippen MR) is 120 cm³/mol. The fourth-order valence-electron chi connectivity index (χ4n) is 3.78. The quantitative estimate of drug-likeness (QED) is 0.356. The molecule has 7 nitrogen and oxygen atoms in total. The van der Waals surface area contributed by atoms with E-state index >= 15 is 0 Å². The predicted octanol–water partition coefficient (Wildman–Crippen LogP) is 4.12. The molecule has 0 aliphatic carbocycles. The van der Waals surface area contributed by atoms with Crippen LogP contribution in [0, 0.1) is 27.7 Å². The molecule has 0 saturated carbocycles. The summed E-state index contributed by atoms with van der Waals surface area (Å²) in [7, 11) is 1.68. The summed E-state index contributed by atoms with van der Waals surface area (Å²) < 4.78 is 9.10. The van der Waals surface area contributed by atoms with E-state index in [-0.39, 0.29) is 5.78 Å². The van der Waals surface area contributed by atoms with Crippen LogP contribution in [0.4, 0.5) is 0 Å². The molecule has 0 aliphatic rings. The van der Waals surface area contributed by atoms with Crippen molar-refractivity contribution in [3.63, 3.8) is 0 Å². The topological polar surface area (TPSA) is 74.3 Å². The van der Waals surface area contributed by atoms with E-state index in [2.05, 4.69) is 33.5 Å². The van der Waals surface area contributed by atoms with Crippen molar-refractivity contribution in [2.75, 3.05) is 19.5 Å². The molecule has 0 radical (unpaired) electrons. The van der Waals surface area contributed by atoms with Crippen LogP contribution in [0.3, 0.4) is 0 Å². The highest BCUT2D eigenvalue weighted by Crippen LogP contribution is 2.22. The van der Waals surface area contributed by atoms with Gasteiger partial charge in [-0.2, -0.15) is 4.98 Å². The van der Waals surface area contributed by atoms with E-state index < -0.39 is 0 Å². The van der Waals surface area contributed by atoms with Crippen LogP contribution in [-0.2, 0) is 17.7 Å². The Bertz CT molecular complexity index is 1050. The molecule has 3 rings (SSSR count). The molecular formula is C22H31N5O2S. The molecule has 0 aromatic carbocycles. The van der Waals surface area contributed by atoms with Crippen LogP contribution in [0.1, 0.15) is 58.5 Å². The number of aromatic nitrogens is 5. The van der Waals surface area contributed by atoms with Crippen molar-refractivity contribution < 1.29 is 9.53 Å². The molecule has 0 atom stereocenters. The van der Waals surface area contributed by atoms with Crippen molar-refractivity contribution in [3.8, 4) is 0 Å². The number of ether oxygens (including phenoxy) is 1. The number of nitrogens with zero attached hydrogens (tertiary/aromatic N) is 5. The molecule has 8 heteroatoms. The van der Waals surface area contributed by atoms with E-state index in [0.717, 1.165) is 54.1 Å². The maximum Gasteiger partial charge on any atom is 0.253 e. The minimum atomic E-state index is 0.0834. The molecular weight excluding hydrogens is 398 g/mol. The third-order valence-electron chi connectivity index (χ3n) is 5.54. The maximum atomic E-state index is 12.8. The standard InChI is InChI=1S/C22H31N5O2S/c1-7-8-9-18-15(3)23-21-24-22(25-27(21)17(18)5)30-13-20(28)19-12-14(2)26(16(19)4)10-11-29-6/h12H,7-11,13H2,1-6H3. The SMILES string of the molecule is CCCCc1c(C)nc2nc(SCC(=O)c3cc(C)n(CCOC)c3C)nn2c1C. The molecule has 0 bridgehead atoms. The number of fused-ring (bicyclic) bond motifs is 1. The Labute approximate surface area is 182 Å². The van der Waals surface area contributed by atoms with Crippen LogP contribution < -0.4 is 0 Å².